The number of thiazole rings is 1. The summed E-state index contributed by atoms with van der Waals surface area (Å²) in [7, 11) is 0. The molecule has 0 bridgehead atoms. The summed E-state index contributed by atoms with van der Waals surface area (Å²) < 4.78 is 1.10. The van der Waals surface area contributed by atoms with Crippen LogP contribution in [0.4, 0.5) is 5.13 Å². The van der Waals surface area contributed by atoms with Gasteiger partial charge in [0.2, 0.25) is 5.91 Å². The highest BCUT2D eigenvalue weighted by Crippen LogP contribution is 2.32. The second-order valence-corrected chi connectivity index (χ2v) is 9.31. The van der Waals surface area contributed by atoms with E-state index >= 15 is 0 Å². The normalized spacial score (nSPS) is 11.3. The van der Waals surface area contributed by atoms with E-state index in [1.807, 2.05) is 18.2 Å². The zero-order chi connectivity index (χ0) is 22.0. The molecular weight excluding hydrogens is 402 g/mol. The molecule has 2 aromatic heterocycles. The summed E-state index contributed by atoms with van der Waals surface area (Å²) in [6.07, 6.45) is 2.09. The average Bonchev–Trinajstić information content (AvgIpc) is 3.17. The summed E-state index contributed by atoms with van der Waals surface area (Å²) in [5, 5.41) is 0.721. The maximum Gasteiger partial charge on any atom is 0.233 e. The Morgan fingerprint density at radius 3 is 2.52 bits per heavy atom. The maximum atomic E-state index is 13.4. The first kappa shape index (κ1) is 21.2. The van der Waals surface area contributed by atoms with E-state index < -0.39 is 0 Å². The van der Waals surface area contributed by atoms with Gasteiger partial charge in [-0.15, -0.1) is 0 Å². The zero-order valence-corrected chi connectivity index (χ0v) is 19.2. The van der Waals surface area contributed by atoms with Crippen LogP contribution in [0.2, 0.25) is 0 Å². The molecular formula is C26H27N3OS. The first-order valence-corrected chi connectivity index (χ1v) is 11.4. The molecule has 2 aromatic carbocycles. The predicted molar refractivity (Wildman–Crippen MR) is 129 cm³/mol. The first-order valence-electron chi connectivity index (χ1n) is 10.6. The SMILES string of the molecule is Cc1cc(C)c2nc(N(Cc3ccccn3)C(=O)Cc3ccc(C(C)C)cc3)sc2c1. The molecule has 4 nitrogen and oxygen atoms in total. The monoisotopic (exact) mass is 429 g/mol. The largest absolute Gasteiger partial charge is 0.282 e. The highest BCUT2D eigenvalue weighted by atomic mass is 32.1. The van der Waals surface area contributed by atoms with Crippen molar-refractivity contribution in [2.24, 2.45) is 0 Å². The molecule has 0 aliphatic rings. The lowest BCUT2D eigenvalue weighted by molar-refractivity contribution is -0.118. The van der Waals surface area contributed by atoms with Gasteiger partial charge < -0.3 is 0 Å². The van der Waals surface area contributed by atoms with Gasteiger partial charge in [-0.2, -0.15) is 0 Å². The Morgan fingerprint density at radius 2 is 1.84 bits per heavy atom. The van der Waals surface area contributed by atoms with Gasteiger partial charge in [-0.25, -0.2) is 4.98 Å². The number of nitrogens with zero attached hydrogens (tertiary/aromatic N) is 3. The molecule has 4 aromatic rings. The van der Waals surface area contributed by atoms with E-state index in [2.05, 4.69) is 69.1 Å². The number of benzene rings is 2. The number of aryl methyl sites for hydroxylation is 2. The van der Waals surface area contributed by atoms with Crippen molar-refractivity contribution < 1.29 is 4.79 Å². The fourth-order valence-corrected chi connectivity index (χ4v) is 4.84. The summed E-state index contributed by atoms with van der Waals surface area (Å²) in [4.78, 5) is 24.5. The van der Waals surface area contributed by atoms with E-state index in [0.717, 1.165) is 32.2 Å². The highest BCUT2D eigenvalue weighted by molar-refractivity contribution is 7.22. The molecule has 0 saturated heterocycles. The molecule has 0 saturated carbocycles. The molecule has 0 unspecified atom stereocenters. The lowest BCUT2D eigenvalue weighted by atomic mass is 10.0. The van der Waals surface area contributed by atoms with E-state index in [4.69, 9.17) is 4.98 Å². The van der Waals surface area contributed by atoms with Crippen LogP contribution in [0.25, 0.3) is 10.2 Å². The topological polar surface area (TPSA) is 46.1 Å². The van der Waals surface area contributed by atoms with Crippen LogP contribution in [0.3, 0.4) is 0 Å². The Labute approximate surface area is 187 Å². The number of hydrogen-bond donors (Lipinski definition) is 0. The average molecular weight is 430 g/mol. The fourth-order valence-electron chi connectivity index (χ4n) is 3.68. The van der Waals surface area contributed by atoms with Gasteiger partial charge in [0, 0.05) is 6.20 Å². The van der Waals surface area contributed by atoms with Gasteiger partial charge in [-0.05, 0) is 60.2 Å². The minimum absolute atomic E-state index is 0.0244. The molecule has 0 atom stereocenters. The molecule has 1 amide bonds. The Balaban J connectivity index is 1.67. The van der Waals surface area contributed by atoms with Gasteiger partial charge in [-0.1, -0.05) is 61.6 Å². The van der Waals surface area contributed by atoms with Crippen molar-refractivity contribution in [3.05, 3.63) is 88.7 Å². The second kappa shape index (κ2) is 8.98. The van der Waals surface area contributed by atoms with Crippen molar-refractivity contribution in [3.63, 3.8) is 0 Å². The van der Waals surface area contributed by atoms with E-state index in [9.17, 15) is 4.79 Å². The van der Waals surface area contributed by atoms with Gasteiger partial charge in [0.15, 0.2) is 5.13 Å². The number of amides is 1. The van der Waals surface area contributed by atoms with Crippen LogP contribution in [0.15, 0.2) is 60.8 Å². The van der Waals surface area contributed by atoms with Crippen LogP contribution in [-0.2, 0) is 17.8 Å². The molecule has 0 radical (unpaired) electrons. The van der Waals surface area contributed by atoms with E-state index in [0.29, 0.717) is 18.9 Å². The quantitative estimate of drug-likeness (QED) is 0.366. The maximum absolute atomic E-state index is 13.4. The van der Waals surface area contributed by atoms with Gasteiger partial charge in [0.25, 0.3) is 0 Å². The van der Waals surface area contributed by atoms with Crippen molar-refractivity contribution in [1.29, 1.82) is 0 Å². The number of aromatic nitrogens is 2. The Kier molecular flexibility index (Phi) is 6.14. The van der Waals surface area contributed by atoms with Crippen LogP contribution in [0.5, 0.6) is 0 Å². The third kappa shape index (κ3) is 4.83. The Hall–Kier alpha value is -3.05. The van der Waals surface area contributed by atoms with Crippen LogP contribution < -0.4 is 4.90 Å². The number of hydrogen-bond acceptors (Lipinski definition) is 4. The number of carbonyl (C=O) groups is 1. The van der Waals surface area contributed by atoms with Crippen LogP contribution >= 0.6 is 11.3 Å². The molecule has 0 aliphatic heterocycles. The van der Waals surface area contributed by atoms with Gasteiger partial charge in [-0.3, -0.25) is 14.7 Å². The highest BCUT2D eigenvalue weighted by Gasteiger charge is 2.21. The molecule has 158 valence electrons. The standard InChI is InChI=1S/C26H27N3OS/c1-17(2)21-10-8-20(9-11-21)15-24(30)29(16-22-7-5-6-12-27-22)26-28-25-19(4)13-18(3)14-23(25)31-26/h5-14,17H,15-16H2,1-4H3. The van der Waals surface area contributed by atoms with Crippen molar-refractivity contribution in [1.82, 2.24) is 9.97 Å². The summed E-state index contributed by atoms with van der Waals surface area (Å²) in [5.74, 6) is 0.497. The number of pyridine rings is 1. The lowest BCUT2D eigenvalue weighted by Crippen LogP contribution is -2.32. The van der Waals surface area contributed by atoms with Gasteiger partial charge >= 0.3 is 0 Å². The second-order valence-electron chi connectivity index (χ2n) is 8.30. The number of fused-ring (bicyclic) bond motifs is 1. The van der Waals surface area contributed by atoms with E-state index in [1.54, 1.807) is 22.4 Å². The lowest BCUT2D eigenvalue weighted by Gasteiger charge is -2.20. The van der Waals surface area contributed by atoms with Gasteiger partial charge in [0.05, 0.1) is 28.9 Å². The van der Waals surface area contributed by atoms with Crippen molar-refractivity contribution in [2.45, 2.75) is 46.6 Å². The minimum atomic E-state index is 0.0244. The summed E-state index contributed by atoms with van der Waals surface area (Å²) in [6.45, 7) is 8.91. The van der Waals surface area contributed by atoms with Crippen LogP contribution in [0, 0.1) is 13.8 Å². The molecule has 0 fully saturated rings. The summed E-state index contributed by atoms with van der Waals surface area (Å²) in [6, 6.07) is 18.4. The molecule has 4 rings (SSSR count). The molecule has 2 heterocycles. The number of rotatable bonds is 6. The third-order valence-corrected chi connectivity index (χ3v) is 6.42. The summed E-state index contributed by atoms with van der Waals surface area (Å²) in [5.41, 5.74) is 6.43. The Morgan fingerprint density at radius 1 is 1.06 bits per heavy atom. The third-order valence-electron chi connectivity index (χ3n) is 5.40. The van der Waals surface area contributed by atoms with Crippen molar-refractivity contribution >= 4 is 32.6 Å². The first-order chi connectivity index (χ1) is 14.9. The zero-order valence-electron chi connectivity index (χ0n) is 18.4. The molecule has 31 heavy (non-hydrogen) atoms. The van der Waals surface area contributed by atoms with Crippen molar-refractivity contribution in [2.75, 3.05) is 4.90 Å². The molecule has 5 heteroatoms. The van der Waals surface area contributed by atoms with Crippen LogP contribution in [-0.4, -0.2) is 15.9 Å². The molecule has 0 aliphatic carbocycles. The molecule has 0 spiro atoms. The van der Waals surface area contributed by atoms with Gasteiger partial charge in [0.1, 0.15) is 0 Å². The fraction of sp³-hybridized carbons (Fsp3) is 0.269. The summed E-state index contributed by atoms with van der Waals surface area (Å²) >= 11 is 1.56. The van der Waals surface area contributed by atoms with E-state index in [-0.39, 0.29) is 5.91 Å². The molecule has 0 N–H and O–H groups in total. The minimum Gasteiger partial charge on any atom is -0.282 e. The van der Waals surface area contributed by atoms with E-state index in [1.165, 1.54) is 11.1 Å². The predicted octanol–water partition coefficient (Wildman–Crippen LogP) is 6.21. The number of anilines is 1. The number of carbonyl (C=O) groups excluding carboxylic acids is 1. The van der Waals surface area contributed by atoms with Crippen molar-refractivity contribution in [3.8, 4) is 0 Å². The smallest absolute Gasteiger partial charge is 0.233 e. The van der Waals surface area contributed by atoms with Crippen LogP contribution in [0.1, 0.15) is 47.7 Å². The Bertz CT molecular complexity index is 1200.